The van der Waals surface area contributed by atoms with Gasteiger partial charge in [0.1, 0.15) is 23.5 Å². The number of aliphatic hydroxyl groups is 1. The van der Waals surface area contributed by atoms with E-state index in [2.05, 4.69) is 5.32 Å². The molecule has 4 rings (SSSR count). The number of aliphatic carboxylic acids is 1. The van der Waals surface area contributed by atoms with Gasteiger partial charge in [-0.2, -0.15) is 0 Å². The van der Waals surface area contributed by atoms with Crippen molar-refractivity contribution in [3.8, 4) is 11.3 Å². The zero-order valence-electron chi connectivity index (χ0n) is 16.2. The third-order valence-corrected chi connectivity index (χ3v) is 5.89. The van der Waals surface area contributed by atoms with Crippen LogP contribution < -0.4 is 5.32 Å². The largest absolute Gasteiger partial charge is 0.505 e. The number of carboxylic acids is 1. The van der Waals surface area contributed by atoms with E-state index in [1.165, 1.54) is 12.1 Å². The van der Waals surface area contributed by atoms with Crippen LogP contribution in [0.4, 0.5) is 4.39 Å². The Morgan fingerprint density at radius 1 is 1.03 bits per heavy atom. The van der Waals surface area contributed by atoms with Gasteiger partial charge in [-0.15, -0.1) is 0 Å². The number of aliphatic hydroxyl groups excluding tert-OH is 1. The number of hydrogen-bond donors (Lipinski definition) is 3. The van der Waals surface area contributed by atoms with Gasteiger partial charge in [0.15, 0.2) is 11.5 Å². The summed E-state index contributed by atoms with van der Waals surface area (Å²) in [4.78, 5) is 37.0. The summed E-state index contributed by atoms with van der Waals surface area (Å²) in [6.07, 6.45) is 3.48. The number of ketones is 1. The molecule has 0 atom stereocenters. The number of nitrogens with one attached hydrogen (secondary N) is 1. The van der Waals surface area contributed by atoms with Crippen molar-refractivity contribution >= 4 is 23.4 Å². The minimum Gasteiger partial charge on any atom is -0.505 e. The average Bonchev–Trinajstić information content (AvgIpc) is 3.18. The van der Waals surface area contributed by atoms with Crippen LogP contribution in [0, 0.1) is 5.82 Å². The second-order valence-corrected chi connectivity index (χ2v) is 7.67. The second kappa shape index (κ2) is 7.44. The van der Waals surface area contributed by atoms with Crippen molar-refractivity contribution in [1.82, 2.24) is 9.88 Å². The fraction of sp³-hybridized carbons (Fsp3) is 0.318. The van der Waals surface area contributed by atoms with Gasteiger partial charge < -0.3 is 20.1 Å². The van der Waals surface area contributed by atoms with Gasteiger partial charge in [-0.05, 0) is 54.8 Å². The van der Waals surface area contributed by atoms with Gasteiger partial charge in [0.2, 0.25) is 0 Å². The number of nitrogens with zero attached hydrogens (tertiary/aromatic N) is 1. The number of rotatable bonds is 4. The van der Waals surface area contributed by atoms with E-state index in [1.807, 2.05) is 0 Å². The summed E-state index contributed by atoms with van der Waals surface area (Å²) < 4.78 is 15.2. The molecule has 1 aromatic carbocycles. The van der Waals surface area contributed by atoms with Crippen molar-refractivity contribution in [2.45, 2.75) is 37.6 Å². The number of aromatic nitrogens is 1. The number of hydrogen-bond acceptors (Lipinski definition) is 4. The second-order valence-electron chi connectivity index (χ2n) is 7.67. The number of carboxylic acid groups (broad SMARTS) is 1. The molecule has 156 valence electrons. The van der Waals surface area contributed by atoms with Crippen LogP contribution in [0.5, 0.6) is 0 Å². The Kier molecular flexibility index (Phi) is 4.93. The van der Waals surface area contributed by atoms with Crippen LogP contribution in [-0.2, 0) is 19.9 Å². The van der Waals surface area contributed by atoms with Gasteiger partial charge in [0.05, 0.1) is 5.69 Å². The molecule has 8 heteroatoms. The van der Waals surface area contributed by atoms with Gasteiger partial charge in [-0.1, -0.05) is 19.3 Å². The molecule has 0 saturated heterocycles. The summed E-state index contributed by atoms with van der Waals surface area (Å²) in [5, 5.41) is 21.8. The minimum atomic E-state index is -1.25. The normalized spacial score (nSPS) is 17.7. The number of carbonyl (C=O) groups excluding carboxylic acids is 2. The lowest BCUT2D eigenvalue weighted by Gasteiger charge is -2.42. The molecule has 2 aromatic rings. The van der Waals surface area contributed by atoms with Gasteiger partial charge in [-0.3, -0.25) is 14.4 Å². The molecule has 1 amide bonds. The van der Waals surface area contributed by atoms with E-state index in [0.717, 1.165) is 19.3 Å². The quantitative estimate of drug-likeness (QED) is 0.669. The summed E-state index contributed by atoms with van der Waals surface area (Å²) in [5.41, 5.74) is 0.192. The molecule has 30 heavy (non-hydrogen) atoms. The van der Waals surface area contributed by atoms with E-state index in [9.17, 15) is 23.9 Å². The van der Waals surface area contributed by atoms with Crippen LogP contribution in [0.1, 0.15) is 37.8 Å². The summed E-state index contributed by atoms with van der Waals surface area (Å²) in [6, 6.07) is 9.23. The fourth-order valence-electron chi connectivity index (χ4n) is 4.54. The Balaban J connectivity index is 1.89. The molecule has 1 aromatic heterocycles. The first kappa shape index (κ1) is 19.9. The Morgan fingerprint density at radius 2 is 1.67 bits per heavy atom. The van der Waals surface area contributed by atoms with Crippen molar-refractivity contribution in [2.24, 2.45) is 0 Å². The zero-order chi connectivity index (χ0) is 21.5. The molecular weight excluding hydrogens is 391 g/mol. The number of fused-ring (bicyclic) bond motifs is 2. The first-order valence-corrected chi connectivity index (χ1v) is 9.82. The summed E-state index contributed by atoms with van der Waals surface area (Å²) >= 11 is 0. The van der Waals surface area contributed by atoms with E-state index < -0.39 is 41.1 Å². The van der Waals surface area contributed by atoms with Crippen LogP contribution in [0.3, 0.4) is 0 Å². The number of amides is 1. The van der Waals surface area contributed by atoms with Gasteiger partial charge in [0.25, 0.3) is 5.91 Å². The Morgan fingerprint density at radius 3 is 2.30 bits per heavy atom. The van der Waals surface area contributed by atoms with Gasteiger partial charge >= 0.3 is 5.97 Å². The predicted molar refractivity (Wildman–Crippen MR) is 106 cm³/mol. The average molecular weight is 412 g/mol. The summed E-state index contributed by atoms with van der Waals surface area (Å²) in [6.45, 7) is -0.655. The summed E-state index contributed by atoms with van der Waals surface area (Å²) in [7, 11) is 0. The highest BCUT2D eigenvalue weighted by Crippen LogP contribution is 2.46. The molecule has 1 aliphatic heterocycles. The Hall–Kier alpha value is -3.42. The lowest BCUT2D eigenvalue weighted by atomic mass is 9.73. The molecule has 3 N–H and O–H groups in total. The van der Waals surface area contributed by atoms with Crippen molar-refractivity contribution in [1.29, 1.82) is 0 Å². The van der Waals surface area contributed by atoms with Gasteiger partial charge in [-0.25, -0.2) is 4.39 Å². The fourth-order valence-corrected chi connectivity index (χ4v) is 4.54. The van der Waals surface area contributed by atoms with E-state index >= 15 is 0 Å². The number of carbonyl (C=O) groups is 3. The predicted octanol–water partition coefficient (Wildman–Crippen LogP) is 3.01. The van der Waals surface area contributed by atoms with Gasteiger partial charge in [0, 0.05) is 5.69 Å². The van der Waals surface area contributed by atoms with Crippen LogP contribution in [0.2, 0.25) is 0 Å². The maximum Gasteiger partial charge on any atom is 0.322 e. The Labute approximate surface area is 171 Å². The SMILES string of the molecule is O=C(O)CNC(=O)C1=C(O)c2ccc(-c3ccc(F)cc3)n2C2(CCCCC2)C1=O. The van der Waals surface area contributed by atoms with E-state index in [4.69, 9.17) is 5.11 Å². The van der Waals surface area contributed by atoms with Crippen LogP contribution >= 0.6 is 0 Å². The molecule has 7 nitrogen and oxygen atoms in total. The van der Waals surface area contributed by atoms with Crippen LogP contribution in [0.15, 0.2) is 42.0 Å². The molecule has 2 heterocycles. The first-order valence-electron chi connectivity index (χ1n) is 9.82. The van der Waals surface area contributed by atoms with Crippen LogP contribution in [0.25, 0.3) is 17.0 Å². The highest BCUT2D eigenvalue weighted by molar-refractivity contribution is 6.27. The Bertz CT molecular complexity index is 1060. The monoisotopic (exact) mass is 412 g/mol. The third kappa shape index (κ3) is 3.08. The highest BCUT2D eigenvalue weighted by Gasteiger charge is 2.50. The van der Waals surface area contributed by atoms with Crippen molar-refractivity contribution in [2.75, 3.05) is 6.54 Å². The molecular formula is C22H21FN2O5. The van der Waals surface area contributed by atoms with E-state index in [1.54, 1.807) is 28.8 Å². The lowest BCUT2D eigenvalue weighted by Crippen LogP contribution is -2.50. The van der Waals surface area contributed by atoms with Crippen molar-refractivity contribution in [3.63, 3.8) is 0 Å². The topological polar surface area (TPSA) is 109 Å². The van der Waals surface area contributed by atoms with Crippen molar-refractivity contribution in [3.05, 3.63) is 53.5 Å². The number of halogens is 1. The first-order chi connectivity index (χ1) is 14.3. The maximum absolute atomic E-state index is 13.6. The smallest absolute Gasteiger partial charge is 0.322 e. The standard InChI is InChI=1S/C22H21FN2O5/c23-14-6-4-13(5-7-14)15-8-9-16-19(28)18(21(30)24-12-17(26)27)20(29)22(25(15)16)10-2-1-3-11-22/h4-9,28H,1-3,10-12H2,(H,24,30)(H,26,27). The molecule has 1 fully saturated rings. The lowest BCUT2D eigenvalue weighted by molar-refractivity contribution is -0.138. The van der Waals surface area contributed by atoms with Crippen LogP contribution in [-0.4, -0.2) is 39.0 Å². The molecule has 1 saturated carbocycles. The zero-order valence-corrected chi connectivity index (χ0v) is 16.2. The third-order valence-electron chi connectivity index (χ3n) is 5.89. The summed E-state index contributed by atoms with van der Waals surface area (Å²) in [5.74, 6) is -3.53. The molecule has 0 unspecified atom stereocenters. The van der Waals surface area contributed by atoms with Crippen molar-refractivity contribution < 1.29 is 29.0 Å². The molecule has 1 spiro atoms. The molecule has 1 aliphatic carbocycles. The number of Topliss-reactive ketones (excluding diaryl/α,β-unsaturated/α-hetero) is 1. The minimum absolute atomic E-state index is 0.316. The molecule has 0 radical (unpaired) electrons. The molecule has 0 bridgehead atoms. The number of benzene rings is 1. The molecule has 2 aliphatic rings. The van der Waals surface area contributed by atoms with E-state index in [-0.39, 0.29) is 5.82 Å². The maximum atomic E-state index is 13.6. The van der Waals surface area contributed by atoms with E-state index in [0.29, 0.717) is 29.8 Å². The highest BCUT2D eigenvalue weighted by atomic mass is 19.1.